The third-order valence-corrected chi connectivity index (χ3v) is 3.53. The molecule has 0 spiro atoms. The lowest BCUT2D eigenvalue weighted by atomic mass is 9.88. The van der Waals surface area contributed by atoms with Crippen molar-refractivity contribution >= 4 is 0 Å². The lowest BCUT2D eigenvalue weighted by molar-refractivity contribution is 0.324. The summed E-state index contributed by atoms with van der Waals surface area (Å²) in [6.07, 6.45) is 6.29. The van der Waals surface area contributed by atoms with Gasteiger partial charge in [-0.1, -0.05) is 44.2 Å². The van der Waals surface area contributed by atoms with Gasteiger partial charge in [-0.2, -0.15) is 5.10 Å². The molecule has 1 aromatic heterocycles. The minimum absolute atomic E-state index is 0.232. The minimum atomic E-state index is 0.232. The molecule has 0 saturated heterocycles. The Balaban J connectivity index is 1.92. The van der Waals surface area contributed by atoms with E-state index in [1.54, 1.807) is 0 Å². The molecular formula is C16H23N3. The van der Waals surface area contributed by atoms with Crippen LogP contribution in [0.15, 0.2) is 42.7 Å². The third kappa shape index (κ3) is 3.93. The van der Waals surface area contributed by atoms with Crippen molar-refractivity contribution in [3.05, 3.63) is 42.7 Å². The summed E-state index contributed by atoms with van der Waals surface area (Å²) in [5, 5.41) is 4.42. The molecule has 0 fully saturated rings. The molecule has 0 bridgehead atoms. The Morgan fingerprint density at radius 3 is 2.58 bits per heavy atom. The van der Waals surface area contributed by atoms with E-state index in [1.807, 2.05) is 16.9 Å². The van der Waals surface area contributed by atoms with Crippen LogP contribution in [-0.4, -0.2) is 16.3 Å². The maximum absolute atomic E-state index is 5.74. The van der Waals surface area contributed by atoms with Crippen molar-refractivity contribution in [3.8, 4) is 11.1 Å². The summed E-state index contributed by atoms with van der Waals surface area (Å²) in [5.41, 5.74) is 8.37. The summed E-state index contributed by atoms with van der Waals surface area (Å²) in [7, 11) is 0. The van der Waals surface area contributed by atoms with Crippen LogP contribution in [0.3, 0.4) is 0 Å². The van der Waals surface area contributed by atoms with Crippen molar-refractivity contribution in [1.29, 1.82) is 0 Å². The normalized spacial score (nSPS) is 11.7. The maximum atomic E-state index is 5.74. The van der Waals surface area contributed by atoms with Gasteiger partial charge in [-0.3, -0.25) is 4.68 Å². The van der Waals surface area contributed by atoms with E-state index >= 15 is 0 Å². The third-order valence-electron chi connectivity index (χ3n) is 3.53. The topological polar surface area (TPSA) is 43.8 Å². The number of hydrogen-bond donors (Lipinski definition) is 1. The summed E-state index contributed by atoms with van der Waals surface area (Å²) >= 11 is 0. The molecule has 2 aromatic rings. The molecule has 0 aliphatic carbocycles. The summed E-state index contributed by atoms with van der Waals surface area (Å²) in [5.74, 6) is 0. The zero-order valence-corrected chi connectivity index (χ0v) is 11.8. The van der Waals surface area contributed by atoms with Crippen LogP contribution in [-0.2, 0) is 6.54 Å². The highest BCUT2D eigenvalue weighted by atomic mass is 15.3. The van der Waals surface area contributed by atoms with Crippen molar-refractivity contribution in [2.45, 2.75) is 33.2 Å². The van der Waals surface area contributed by atoms with Gasteiger partial charge in [0.2, 0.25) is 0 Å². The molecule has 3 nitrogen and oxygen atoms in total. The Morgan fingerprint density at radius 1 is 1.16 bits per heavy atom. The molecule has 3 heteroatoms. The number of nitrogens with zero attached hydrogens (tertiary/aromatic N) is 2. The van der Waals surface area contributed by atoms with Gasteiger partial charge in [-0.25, -0.2) is 0 Å². The molecule has 102 valence electrons. The van der Waals surface area contributed by atoms with Crippen LogP contribution in [0.4, 0.5) is 0 Å². The van der Waals surface area contributed by atoms with E-state index in [9.17, 15) is 0 Å². The van der Waals surface area contributed by atoms with Crippen LogP contribution >= 0.6 is 0 Å². The fourth-order valence-electron chi connectivity index (χ4n) is 2.09. The van der Waals surface area contributed by atoms with Gasteiger partial charge in [0.1, 0.15) is 0 Å². The van der Waals surface area contributed by atoms with Crippen LogP contribution in [0, 0.1) is 5.41 Å². The lowest BCUT2D eigenvalue weighted by Crippen LogP contribution is -2.23. The van der Waals surface area contributed by atoms with E-state index < -0.39 is 0 Å². The van der Waals surface area contributed by atoms with Gasteiger partial charge in [0.15, 0.2) is 0 Å². The van der Waals surface area contributed by atoms with E-state index in [0.29, 0.717) is 0 Å². The SMILES string of the molecule is CC(C)(CN)CCCn1cc(-c2ccccc2)cn1. The van der Waals surface area contributed by atoms with Gasteiger partial charge < -0.3 is 5.73 Å². The Morgan fingerprint density at radius 2 is 1.89 bits per heavy atom. The number of rotatable bonds is 6. The van der Waals surface area contributed by atoms with Gasteiger partial charge in [0.05, 0.1) is 6.20 Å². The molecule has 19 heavy (non-hydrogen) atoms. The van der Waals surface area contributed by atoms with Crippen LogP contribution in [0.5, 0.6) is 0 Å². The zero-order chi connectivity index (χ0) is 13.7. The average molecular weight is 257 g/mol. The monoisotopic (exact) mass is 257 g/mol. The zero-order valence-electron chi connectivity index (χ0n) is 11.8. The van der Waals surface area contributed by atoms with Gasteiger partial charge >= 0.3 is 0 Å². The highest BCUT2D eigenvalue weighted by molar-refractivity contribution is 5.61. The Kier molecular flexibility index (Phi) is 4.38. The molecule has 2 rings (SSSR count). The molecule has 1 heterocycles. The molecule has 0 radical (unpaired) electrons. The van der Waals surface area contributed by atoms with Crippen LogP contribution in [0.2, 0.25) is 0 Å². The fraction of sp³-hybridized carbons (Fsp3) is 0.438. The first-order chi connectivity index (χ1) is 9.11. The smallest absolute Gasteiger partial charge is 0.0568 e. The predicted molar refractivity (Wildman–Crippen MR) is 79.7 cm³/mol. The molecule has 2 N–H and O–H groups in total. The maximum Gasteiger partial charge on any atom is 0.0568 e. The second-order valence-electron chi connectivity index (χ2n) is 5.83. The number of aryl methyl sites for hydroxylation is 1. The number of aromatic nitrogens is 2. The molecule has 0 unspecified atom stereocenters. The first-order valence-electron chi connectivity index (χ1n) is 6.89. The minimum Gasteiger partial charge on any atom is -0.330 e. The van der Waals surface area contributed by atoms with Crippen LogP contribution in [0.1, 0.15) is 26.7 Å². The fourth-order valence-corrected chi connectivity index (χ4v) is 2.09. The molecule has 0 aliphatic rings. The summed E-state index contributed by atoms with van der Waals surface area (Å²) in [6.45, 7) is 6.12. The molecular weight excluding hydrogens is 234 g/mol. The quantitative estimate of drug-likeness (QED) is 0.862. The van der Waals surface area contributed by atoms with E-state index in [2.05, 4.69) is 49.4 Å². The number of benzene rings is 1. The Hall–Kier alpha value is -1.61. The lowest BCUT2D eigenvalue weighted by Gasteiger charge is -2.21. The van der Waals surface area contributed by atoms with Crippen molar-refractivity contribution in [3.63, 3.8) is 0 Å². The van der Waals surface area contributed by atoms with Crippen molar-refractivity contribution < 1.29 is 0 Å². The van der Waals surface area contributed by atoms with Crippen molar-refractivity contribution in [1.82, 2.24) is 9.78 Å². The van der Waals surface area contributed by atoms with E-state index in [0.717, 1.165) is 25.9 Å². The highest BCUT2D eigenvalue weighted by Gasteiger charge is 2.14. The first-order valence-corrected chi connectivity index (χ1v) is 6.89. The van der Waals surface area contributed by atoms with E-state index in [4.69, 9.17) is 5.73 Å². The molecule has 0 aliphatic heterocycles. The van der Waals surface area contributed by atoms with Crippen LogP contribution < -0.4 is 5.73 Å². The average Bonchev–Trinajstić information content (AvgIpc) is 2.88. The second kappa shape index (κ2) is 6.02. The molecule has 1 aromatic carbocycles. The van der Waals surface area contributed by atoms with E-state index in [-0.39, 0.29) is 5.41 Å². The molecule has 0 amide bonds. The van der Waals surface area contributed by atoms with Gasteiger partial charge in [-0.15, -0.1) is 0 Å². The predicted octanol–water partition coefficient (Wildman–Crippen LogP) is 3.32. The standard InChI is InChI=1S/C16H23N3/c1-16(2,13-17)9-6-10-19-12-15(11-18-19)14-7-4-3-5-8-14/h3-5,7-8,11-12H,6,9-10,13,17H2,1-2H3. The largest absolute Gasteiger partial charge is 0.330 e. The van der Waals surface area contributed by atoms with Gasteiger partial charge in [0.25, 0.3) is 0 Å². The number of hydrogen-bond acceptors (Lipinski definition) is 2. The second-order valence-corrected chi connectivity index (χ2v) is 5.83. The van der Waals surface area contributed by atoms with Crippen LogP contribution in [0.25, 0.3) is 11.1 Å². The Bertz CT molecular complexity index is 500. The number of nitrogens with two attached hydrogens (primary N) is 1. The summed E-state index contributed by atoms with van der Waals surface area (Å²) < 4.78 is 2.02. The summed E-state index contributed by atoms with van der Waals surface area (Å²) in [4.78, 5) is 0. The molecule has 0 atom stereocenters. The highest BCUT2D eigenvalue weighted by Crippen LogP contribution is 2.21. The van der Waals surface area contributed by atoms with E-state index in [1.165, 1.54) is 11.1 Å². The first kappa shape index (κ1) is 13.8. The molecule has 0 saturated carbocycles. The van der Waals surface area contributed by atoms with Gasteiger partial charge in [0, 0.05) is 18.3 Å². The Labute approximate surface area is 115 Å². The summed E-state index contributed by atoms with van der Waals surface area (Å²) in [6, 6.07) is 10.4. The van der Waals surface area contributed by atoms with Crippen molar-refractivity contribution in [2.75, 3.05) is 6.54 Å². The van der Waals surface area contributed by atoms with Gasteiger partial charge in [-0.05, 0) is 30.4 Å². The van der Waals surface area contributed by atoms with Crippen molar-refractivity contribution in [2.24, 2.45) is 11.1 Å².